The van der Waals surface area contributed by atoms with E-state index in [1.165, 1.54) is 128 Å². The lowest BCUT2D eigenvalue weighted by molar-refractivity contribution is -0.163. The van der Waals surface area contributed by atoms with Crippen LogP contribution in [-0.2, 0) is 23.8 Å². The zero-order chi connectivity index (χ0) is 46.3. The summed E-state index contributed by atoms with van der Waals surface area (Å²) in [5.41, 5.74) is 0. The van der Waals surface area contributed by atoms with Crippen LogP contribution in [0.4, 0.5) is 0 Å². The van der Waals surface area contributed by atoms with Crippen molar-refractivity contribution in [2.24, 2.45) is 0 Å². The highest BCUT2D eigenvalue weighted by atomic mass is 16.6. The molecule has 5 nitrogen and oxygen atoms in total. The summed E-state index contributed by atoms with van der Waals surface area (Å²) in [6, 6.07) is 0. The molecule has 370 valence electrons. The first-order valence-electron chi connectivity index (χ1n) is 27.5. The van der Waals surface area contributed by atoms with Gasteiger partial charge in [0.15, 0.2) is 6.10 Å². The van der Waals surface area contributed by atoms with Crippen molar-refractivity contribution in [2.75, 3.05) is 19.8 Å². The van der Waals surface area contributed by atoms with Crippen molar-refractivity contribution in [3.05, 3.63) is 72.9 Å². The van der Waals surface area contributed by atoms with Gasteiger partial charge in [0.1, 0.15) is 6.61 Å². The second-order valence-corrected chi connectivity index (χ2v) is 18.1. The van der Waals surface area contributed by atoms with Crippen molar-refractivity contribution >= 4 is 11.9 Å². The maximum atomic E-state index is 12.8. The first kappa shape index (κ1) is 61.3. The fourth-order valence-corrected chi connectivity index (χ4v) is 7.66. The molecule has 0 N–H and O–H groups in total. The van der Waals surface area contributed by atoms with Crippen LogP contribution >= 0.6 is 0 Å². The van der Waals surface area contributed by atoms with Gasteiger partial charge in [-0.2, -0.15) is 0 Å². The van der Waals surface area contributed by atoms with Gasteiger partial charge in [-0.1, -0.05) is 241 Å². The van der Waals surface area contributed by atoms with Crippen LogP contribution in [0.15, 0.2) is 72.9 Å². The van der Waals surface area contributed by atoms with Gasteiger partial charge in [0, 0.05) is 19.4 Å². The van der Waals surface area contributed by atoms with Gasteiger partial charge in [-0.3, -0.25) is 9.59 Å². The van der Waals surface area contributed by atoms with Crippen molar-refractivity contribution in [1.29, 1.82) is 0 Å². The molecule has 0 aliphatic rings. The van der Waals surface area contributed by atoms with Crippen LogP contribution in [0.5, 0.6) is 0 Å². The molecule has 1 atom stereocenters. The lowest BCUT2D eigenvalue weighted by atomic mass is 10.0. The maximum Gasteiger partial charge on any atom is 0.306 e. The summed E-state index contributed by atoms with van der Waals surface area (Å²) in [6.07, 6.45) is 70.7. The average molecular weight is 893 g/mol. The molecule has 0 saturated heterocycles. The molecule has 0 radical (unpaired) electrons. The Morgan fingerprint density at radius 1 is 0.359 bits per heavy atom. The second-order valence-electron chi connectivity index (χ2n) is 18.1. The van der Waals surface area contributed by atoms with Crippen LogP contribution in [0.3, 0.4) is 0 Å². The molecule has 5 heteroatoms. The third-order valence-electron chi connectivity index (χ3n) is 11.7. The normalized spacial score (nSPS) is 12.7. The average Bonchev–Trinajstić information content (AvgIpc) is 3.30. The molecule has 0 amide bonds. The van der Waals surface area contributed by atoms with Crippen molar-refractivity contribution < 1.29 is 23.8 Å². The molecule has 1 unspecified atom stereocenters. The van der Waals surface area contributed by atoms with Gasteiger partial charge in [0.05, 0.1) is 6.61 Å². The number of rotatable bonds is 50. The number of ether oxygens (including phenoxy) is 3. The topological polar surface area (TPSA) is 61.8 Å². The Morgan fingerprint density at radius 3 is 1.19 bits per heavy atom. The minimum absolute atomic E-state index is 0.0669. The molecule has 0 aromatic carbocycles. The van der Waals surface area contributed by atoms with Crippen LogP contribution in [0.1, 0.15) is 265 Å². The van der Waals surface area contributed by atoms with Crippen LogP contribution < -0.4 is 0 Å². The van der Waals surface area contributed by atoms with Gasteiger partial charge in [0.2, 0.25) is 0 Å². The third-order valence-corrected chi connectivity index (χ3v) is 11.7. The predicted octanol–water partition coefficient (Wildman–Crippen LogP) is 18.7. The van der Waals surface area contributed by atoms with E-state index in [0.717, 1.165) is 103 Å². The monoisotopic (exact) mass is 893 g/mol. The number of hydrogen-bond donors (Lipinski definition) is 0. The summed E-state index contributed by atoms with van der Waals surface area (Å²) in [5, 5.41) is 0. The lowest BCUT2D eigenvalue weighted by Crippen LogP contribution is -2.30. The zero-order valence-corrected chi connectivity index (χ0v) is 42.5. The highest BCUT2D eigenvalue weighted by molar-refractivity contribution is 5.70. The van der Waals surface area contributed by atoms with Gasteiger partial charge in [-0.25, -0.2) is 0 Å². The molecule has 0 spiro atoms. The van der Waals surface area contributed by atoms with Crippen LogP contribution in [0.25, 0.3) is 0 Å². The van der Waals surface area contributed by atoms with Gasteiger partial charge >= 0.3 is 11.9 Å². The highest BCUT2D eigenvalue weighted by Gasteiger charge is 2.17. The van der Waals surface area contributed by atoms with Crippen LogP contribution in [0.2, 0.25) is 0 Å². The first-order valence-corrected chi connectivity index (χ1v) is 27.5. The largest absolute Gasteiger partial charge is 0.462 e. The molecule has 0 heterocycles. The summed E-state index contributed by atoms with van der Waals surface area (Å²) < 4.78 is 17.4. The molecule has 0 aromatic heterocycles. The van der Waals surface area contributed by atoms with Crippen molar-refractivity contribution in [3.63, 3.8) is 0 Å². The number of unbranched alkanes of at least 4 members (excludes halogenated alkanes) is 27. The Labute approximate surface area is 397 Å². The molecule has 0 rings (SSSR count). The lowest BCUT2D eigenvalue weighted by Gasteiger charge is -2.18. The molecule has 0 aromatic rings. The van der Waals surface area contributed by atoms with Gasteiger partial charge in [-0.15, -0.1) is 0 Å². The Hall–Kier alpha value is -2.66. The summed E-state index contributed by atoms with van der Waals surface area (Å²) in [4.78, 5) is 25.4. The second kappa shape index (κ2) is 54.7. The molecular formula is C59H104O5. The van der Waals surface area contributed by atoms with E-state index in [1.54, 1.807) is 0 Å². The minimum Gasteiger partial charge on any atom is -0.462 e. The van der Waals surface area contributed by atoms with Crippen molar-refractivity contribution in [2.45, 2.75) is 271 Å². The Morgan fingerprint density at radius 2 is 0.734 bits per heavy atom. The van der Waals surface area contributed by atoms with Crippen molar-refractivity contribution in [1.82, 2.24) is 0 Å². The third kappa shape index (κ3) is 52.0. The summed E-state index contributed by atoms with van der Waals surface area (Å²) >= 11 is 0. The minimum atomic E-state index is -0.561. The molecule has 0 saturated carbocycles. The smallest absolute Gasteiger partial charge is 0.306 e. The molecule has 0 aliphatic heterocycles. The number of carbonyl (C=O) groups is 2. The first-order chi connectivity index (χ1) is 31.6. The zero-order valence-electron chi connectivity index (χ0n) is 42.5. The standard InChI is InChI=1S/C59H104O5/c1-4-7-10-13-16-19-22-25-27-29-30-31-32-35-37-40-43-46-49-52-58(60)63-56-57(64-59(61)53-50-47-44-41-38-34-24-21-18-15-12-9-6-3)55-62-54-51-48-45-42-39-36-33-28-26-23-20-17-14-11-8-5-2/h8,11-12,15,17,20-21,24,26,28,36,39,57H,4-7,9-10,13-14,16,18-19,22-23,25,27,29-35,37-38,40-56H2,1-3H3/b11-8-,15-12-,20-17-,24-21-,28-26-,39-36-. The van der Waals surface area contributed by atoms with Crippen LogP contribution in [-0.4, -0.2) is 37.9 Å². The molecule has 0 fully saturated rings. The van der Waals surface area contributed by atoms with Crippen LogP contribution in [0, 0.1) is 0 Å². The molecule has 64 heavy (non-hydrogen) atoms. The molecule has 0 bridgehead atoms. The number of allylic oxidation sites excluding steroid dienone is 12. The molecule has 0 aliphatic carbocycles. The SMILES string of the molecule is CC/C=C\C/C=C\C/C=C\C/C=C\CCCCCOCC(COC(=O)CCCCCCCCCCCCCCCCCCCCC)OC(=O)CCCCCCC/C=C\C/C=C\CCC. The van der Waals surface area contributed by atoms with Gasteiger partial charge in [-0.05, 0) is 83.5 Å². The number of hydrogen-bond acceptors (Lipinski definition) is 5. The summed E-state index contributed by atoms with van der Waals surface area (Å²) in [5.74, 6) is -0.424. The molecular weight excluding hydrogens is 789 g/mol. The maximum absolute atomic E-state index is 12.8. The van der Waals surface area contributed by atoms with E-state index in [0.29, 0.717) is 19.4 Å². The Balaban J connectivity index is 4.28. The van der Waals surface area contributed by atoms with E-state index in [-0.39, 0.29) is 25.2 Å². The van der Waals surface area contributed by atoms with Gasteiger partial charge < -0.3 is 14.2 Å². The predicted molar refractivity (Wildman–Crippen MR) is 279 cm³/mol. The quantitative estimate of drug-likeness (QED) is 0.0346. The number of esters is 2. The summed E-state index contributed by atoms with van der Waals surface area (Å²) in [7, 11) is 0. The van der Waals surface area contributed by atoms with E-state index in [9.17, 15) is 9.59 Å². The number of carbonyl (C=O) groups excluding carboxylic acids is 2. The fraction of sp³-hybridized carbons (Fsp3) is 0.763. The van der Waals surface area contributed by atoms with E-state index in [1.807, 2.05) is 0 Å². The summed E-state index contributed by atoms with van der Waals surface area (Å²) in [6.45, 7) is 7.59. The highest BCUT2D eigenvalue weighted by Crippen LogP contribution is 2.16. The van der Waals surface area contributed by atoms with E-state index in [2.05, 4.69) is 93.7 Å². The fourth-order valence-electron chi connectivity index (χ4n) is 7.66. The Bertz CT molecular complexity index is 1150. The van der Waals surface area contributed by atoms with Gasteiger partial charge in [0.25, 0.3) is 0 Å². The van der Waals surface area contributed by atoms with E-state index in [4.69, 9.17) is 14.2 Å². The van der Waals surface area contributed by atoms with Crippen molar-refractivity contribution in [3.8, 4) is 0 Å². The Kier molecular flexibility index (Phi) is 52.4. The van der Waals surface area contributed by atoms with E-state index >= 15 is 0 Å². The van der Waals surface area contributed by atoms with E-state index < -0.39 is 6.10 Å².